The summed E-state index contributed by atoms with van der Waals surface area (Å²) in [6, 6.07) is 7.89. The molecule has 0 aromatic heterocycles. The number of allylic oxidation sites excluding steroid dienone is 2. The number of azide groups is 1. The molecular weight excluding hydrogens is 276 g/mol. The summed E-state index contributed by atoms with van der Waals surface area (Å²) in [7, 11) is 0. The number of aliphatic hydroxyl groups excluding tert-OH is 1. The molecule has 0 saturated heterocycles. The van der Waals surface area contributed by atoms with Gasteiger partial charge in [-0.05, 0) is 49.9 Å². The molecule has 0 radical (unpaired) electrons. The van der Waals surface area contributed by atoms with E-state index in [1.165, 1.54) is 11.1 Å². The van der Waals surface area contributed by atoms with Crippen molar-refractivity contribution >= 4 is 5.69 Å². The lowest BCUT2D eigenvalue weighted by molar-refractivity contribution is 0.341. The lowest BCUT2D eigenvalue weighted by Gasteiger charge is -2.08. The van der Waals surface area contributed by atoms with Gasteiger partial charge in [0.05, 0.1) is 13.2 Å². The molecule has 1 aromatic carbocycles. The van der Waals surface area contributed by atoms with E-state index in [1.807, 2.05) is 37.3 Å². The van der Waals surface area contributed by atoms with E-state index in [2.05, 4.69) is 28.3 Å². The summed E-state index contributed by atoms with van der Waals surface area (Å²) >= 11 is 0. The molecule has 0 amide bonds. The Balaban J connectivity index is 2.44. The zero-order valence-electron chi connectivity index (χ0n) is 13.3. The van der Waals surface area contributed by atoms with Gasteiger partial charge in [0.1, 0.15) is 0 Å². The van der Waals surface area contributed by atoms with E-state index in [-0.39, 0.29) is 6.61 Å². The molecule has 5 nitrogen and oxygen atoms in total. The average Bonchev–Trinajstić information content (AvgIpc) is 2.51. The third kappa shape index (κ3) is 7.53. The van der Waals surface area contributed by atoms with Crippen molar-refractivity contribution in [3.8, 4) is 0 Å². The van der Waals surface area contributed by atoms with E-state index < -0.39 is 0 Å². The summed E-state index contributed by atoms with van der Waals surface area (Å²) in [5.74, 6) is 0. The second kappa shape index (κ2) is 10.5. The first-order valence-corrected chi connectivity index (χ1v) is 7.41. The monoisotopic (exact) mass is 300 g/mol. The van der Waals surface area contributed by atoms with Crippen molar-refractivity contribution in [3.05, 3.63) is 63.6 Å². The van der Waals surface area contributed by atoms with Gasteiger partial charge in [-0.1, -0.05) is 40.5 Å². The van der Waals surface area contributed by atoms with Gasteiger partial charge in [-0.15, -0.1) is 0 Å². The van der Waals surface area contributed by atoms with Crippen molar-refractivity contribution in [1.29, 1.82) is 0 Å². The maximum Gasteiger partial charge on any atom is 0.0614 e. The predicted octanol–water partition coefficient (Wildman–Crippen LogP) is 4.57. The third-order valence-electron chi connectivity index (χ3n) is 3.29. The molecule has 0 heterocycles. The van der Waals surface area contributed by atoms with Crippen molar-refractivity contribution < 1.29 is 5.11 Å². The Morgan fingerprint density at radius 2 is 2.14 bits per heavy atom. The number of nitrogens with zero attached hydrogens (tertiary/aromatic N) is 3. The summed E-state index contributed by atoms with van der Waals surface area (Å²) < 4.78 is 0. The van der Waals surface area contributed by atoms with Gasteiger partial charge in [0, 0.05) is 17.1 Å². The maximum absolute atomic E-state index is 8.80. The fraction of sp³-hybridized carbons (Fsp3) is 0.412. The minimum Gasteiger partial charge on any atom is -0.392 e. The van der Waals surface area contributed by atoms with E-state index in [1.54, 1.807) is 0 Å². The summed E-state index contributed by atoms with van der Waals surface area (Å²) in [4.78, 5) is 2.77. The molecule has 0 saturated carbocycles. The van der Waals surface area contributed by atoms with Crippen LogP contribution in [0.5, 0.6) is 0 Å². The molecule has 0 unspecified atom stereocenters. The molecule has 1 aromatic rings. The lowest BCUT2D eigenvalue weighted by atomic mass is 10.1. The van der Waals surface area contributed by atoms with E-state index in [0.717, 1.165) is 30.6 Å². The highest BCUT2D eigenvalue weighted by Crippen LogP contribution is 2.13. The molecular formula is C17H24N4O. The van der Waals surface area contributed by atoms with Crippen LogP contribution in [0.1, 0.15) is 32.3 Å². The highest BCUT2D eigenvalue weighted by atomic mass is 16.2. The molecule has 1 rings (SSSR count). The van der Waals surface area contributed by atoms with E-state index in [4.69, 9.17) is 10.6 Å². The van der Waals surface area contributed by atoms with Crippen LogP contribution in [0.3, 0.4) is 0 Å². The average molecular weight is 300 g/mol. The molecule has 0 atom stereocenters. The molecule has 0 bridgehead atoms. The minimum atomic E-state index is 0.113. The standard InChI is InChI=1S/C17H24N4O/c1-14(9-10-22)5-3-6-15(2)12-19-17-8-4-7-16(11-17)13-20-21-18/h4,6-9,11,19,22H,3,5,10,12-13H2,1-2H3/b14-9+,15-6+. The molecule has 118 valence electrons. The van der Waals surface area contributed by atoms with Crippen LogP contribution in [-0.4, -0.2) is 18.3 Å². The second-order valence-corrected chi connectivity index (χ2v) is 5.27. The van der Waals surface area contributed by atoms with Crippen LogP contribution < -0.4 is 5.32 Å². The molecule has 0 aliphatic carbocycles. The van der Waals surface area contributed by atoms with Crippen LogP contribution in [0.25, 0.3) is 10.4 Å². The number of aliphatic hydroxyl groups is 1. The lowest BCUT2D eigenvalue weighted by Crippen LogP contribution is -2.03. The maximum atomic E-state index is 8.80. The number of nitrogens with one attached hydrogen (secondary N) is 1. The number of anilines is 1. The van der Waals surface area contributed by atoms with Crippen molar-refractivity contribution in [2.45, 2.75) is 33.2 Å². The van der Waals surface area contributed by atoms with Gasteiger partial charge in [-0.25, -0.2) is 0 Å². The van der Waals surface area contributed by atoms with Crippen LogP contribution in [-0.2, 0) is 6.54 Å². The fourth-order valence-corrected chi connectivity index (χ4v) is 2.01. The molecule has 0 aliphatic rings. The first-order valence-electron chi connectivity index (χ1n) is 7.41. The predicted molar refractivity (Wildman–Crippen MR) is 91.6 cm³/mol. The van der Waals surface area contributed by atoms with E-state index >= 15 is 0 Å². The van der Waals surface area contributed by atoms with Gasteiger partial charge >= 0.3 is 0 Å². The summed E-state index contributed by atoms with van der Waals surface area (Å²) in [5.41, 5.74) is 12.9. The number of benzene rings is 1. The SMILES string of the molecule is C/C(=C\CO)CC/C=C(\C)CNc1cccc(CN=[N+]=[N-])c1. The molecule has 0 aliphatic heterocycles. The number of rotatable bonds is 9. The molecule has 5 heteroatoms. The highest BCUT2D eigenvalue weighted by Gasteiger charge is 1.96. The van der Waals surface area contributed by atoms with E-state index in [9.17, 15) is 0 Å². The van der Waals surface area contributed by atoms with Crippen molar-refractivity contribution in [2.75, 3.05) is 18.5 Å². The minimum absolute atomic E-state index is 0.113. The molecule has 22 heavy (non-hydrogen) atoms. The van der Waals surface area contributed by atoms with Gasteiger partial charge in [-0.2, -0.15) is 0 Å². The van der Waals surface area contributed by atoms with Gasteiger partial charge in [-0.3, -0.25) is 0 Å². The largest absolute Gasteiger partial charge is 0.392 e. The van der Waals surface area contributed by atoms with Crippen LogP contribution in [0.2, 0.25) is 0 Å². The van der Waals surface area contributed by atoms with Crippen molar-refractivity contribution in [3.63, 3.8) is 0 Å². The Morgan fingerprint density at radius 3 is 2.86 bits per heavy atom. The smallest absolute Gasteiger partial charge is 0.0614 e. The molecule has 0 fully saturated rings. The number of hydrogen-bond acceptors (Lipinski definition) is 3. The summed E-state index contributed by atoms with van der Waals surface area (Å²) in [5, 5.41) is 15.7. The molecule has 0 spiro atoms. The van der Waals surface area contributed by atoms with Crippen LogP contribution in [0.15, 0.2) is 52.7 Å². The topological polar surface area (TPSA) is 81.0 Å². The fourth-order valence-electron chi connectivity index (χ4n) is 2.01. The Morgan fingerprint density at radius 1 is 1.32 bits per heavy atom. The van der Waals surface area contributed by atoms with Gasteiger partial charge in [0.25, 0.3) is 0 Å². The Labute approximate surface area is 132 Å². The van der Waals surface area contributed by atoms with Gasteiger partial charge in [0.15, 0.2) is 0 Å². The Hall–Kier alpha value is -2.23. The highest BCUT2D eigenvalue weighted by molar-refractivity contribution is 5.46. The van der Waals surface area contributed by atoms with Crippen molar-refractivity contribution in [2.24, 2.45) is 5.11 Å². The quantitative estimate of drug-likeness (QED) is 0.303. The Bertz CT molecular complexity index is 572. The number of hydrogen-bond donors (Lipinski definition) is 2. The van der Waals surface area contributed by atoms with Crippen molar-refractivity contribution in [1.82, 2.24) is 0 Å². The van der Waals surface area contributed by atoms with Crippen LogP contribution in [0, 0.1) is 0 Å². The first-order chi connectivity index (χ1) is 10.7. The second-order valence-electron chi connectivity index (χ2n) is 5.27. The normalized spacial score (nSPS) is 12.0. The summed E-state index contributed by atoms with van der Waals surface area (Å²) in [6.45, 7) is 5.40. The van der Waals surface area contributed by atoms with Crippen LogP contribution >= 0.6 is 0 Å². The molecule has 2 N–H and O–H groups in total. The summed E-state index contributed by atoms with van der Waals surface area (Å²) in [6.07, 6.45) is 6.01. The van der Waals surface area contributed by atoms with Crippen LogP contribution in [0.4, 0.5) is 5.69 Å². The van der Waals surface area contributed by atoms with Gasteiger partial charge < -0.3 is 10.4 Å². The first kappa shape index (κ1) is 17.8. The third-order valence-corrected chi connectivity index (χ3v) is 3.29. The Kier molecular flexibility index (Phi) is 8.50. The zero-order valence-corrected chi connectivity index (χ0v) is 13.3. The van der Waals surface area contributed by atoms with E-state index in [0.29, 0.717) is 6.54 Å². The zero-order chi connectivity index (χ0) is 16.2. The van der Waals surface area contributed by atoms with Gasteiger partial charge in [0.2, 0.25) is 0 Å².